The van der Waals surface area contributed by atoms with Gasteiger partial charge in [-0.25, -0.2) is 9.18 Å². The zero-order valence-corrected chi connectivity index (χ0v) is 12.5. The summed E-state index contributed by atoms with van der Waals surface area (Å²) in [7, 11) is 0. The quantitative estimate of drug-likeness (QED) is 0.781. The third-order valence-electron chi connectivity index (χ3n) is 3.73. The molecule has 0 saturated heterocycles. The lowest BCUT2D eigenvalue weighted by atomic mass is 10.1. The first-order valence-electron chi connectivity index (χ1n) is 7.46. The molecule has 2 amide bonds. The fourth-order valence-electron chi connectivity index (χ4n) is 2.78. The van der Waals surface area contributed by atoms with Crippen LogP contribution in [0.4, 0.5) is 9.18 Å². The normalized spacial score (nSPS) is 18.4. The summed E-state index contributed by atoms with van der Waals surface area (Å²) in [5.41, 5.74) is 1.94. The van der Waals surface area contributed by atoms with Crippen molar-refractivity contribution in [3.8, 4) is 0 Å². The second-order valence-electron chi connectivity index (χ2n) is 6.07. The van der Waals surface area contributed by atoms with E-state index in [4.69, 9.17) is 0 Å². The monoisotopic (exact) mass is 294 g/mol. The van der Waals surface area contributed by atoms with Gasteiger partial charge >= 0.3 is 6.03 Å². The van der Waals surface area contributed by atoms with Crippen molar-refractivity contribution in [3.05, 3.63) is 35.1 Å². The van der Waals surface area contributed by atoms with Gasteiger partial charge in [0, 0.05) is 6.54 Å². The smallest absolute Gasteiger partial charge is 0.315 e. The van der Waals surface area contributed by atoms with Crippen molar-refractivity contribution in [2.45, 2.75) is 45.3 Å². The van der Waals surface area contributed by atoms with Gasteiger partial charge in [-0.3, -0.25) is 0 Å². The molecule has 2 atom stereocenters. The molecule has 0 aliphatic heterocycles. The number of hydrogen-bond acceptors (Lipinski definition) is 2. The summed E-state index contributed by atoms with van der Waals surface area (Å²) in [5, 5.41) is 15.3. The van der Waals surface area contributed by atoms with Crippen molar-refractivity contribution in [2.24, 2.45) is 5.92 Å². The highest BCUT2D eigenvalue weighted by Gasteiger charge is 2.24. The summed E-state index contributed by atoms with van der Waals surface area (Å²) in [5.74, 6) is 0.150. The molecule has 4 nitrogen and oxygen atoms in total. The summed E-state index contributed by atoms with van der Waals surface area (Å²) in [6.45, 7) is 4.29. The molecule has 0 aromatic heterocycles. The lowest BCUT2D eigenvalue weighted by Crippen LogP contribution is -2.41. The number of fused-ring (bicyclic) bond motifs is 1. The van der Waals surface area contributed by atoms with E-state index >= 15 is 0 Å². The Morgan fingerprint density at radius 2 is 2.24 bits per heavy atom. The van der Waals surface area contributed by atoms with E-state index < -0.39 is 6.10 Å². The fourth-order valence-corrected chi connectivity index (χ4v) is 2.78. The predicted octanol–water partition coefficient (Wildman–Crippen LogP) is 2.52. The number of urea groups is 1. The van der Waals surface area contributed by atoms with Crippen molar-refractivity contribution in [1.29, 1.82) is 0 Å². The molecule has 0 bridgehead atoms. The fraction of sp³-hybridized carbons (Fsp3) is 0.562. The molecule has 116 valence electrons. The maximum absolute atomic E-state index is 13.1. The molecule has 5 heteroatoms. The molecule has 0 heterocycles. The molecule has 1 aliphatic rings. The minimum Gasteiger partial charge on any atom is -0.391 e. The molecular formula is C16H23FN2O2. The molecule has 1 aliphatic carbocycles. The minimum absolute atomic E-state index is 0.0807. The number of amides is 2. The maximum Gasteiger partial charge on any atom is 0.315 e. The topological polar surface area (TPSA) is 61.4 Å². The van der Waals surface area contributed by atoms with Gasteiger partial charge in [0.05, 0.1) is 12.1 Å². The first-order chi connectivity index (χ1) is 9.95. The van der Waals surface area contributed by atoms with Crippen LogP contribution in [0.1, 0.15) is 43.9 Å². The number of hydrogen-bond donors (Lipinski definition) is 3. The van der Waals surface area contributed by atoms with Crippen LogP contribution in [0, 0.1) is 11.7 Å². The van der Waals surface area contributed by atoms with Gasteiger partial charge in [-0.05, 0) is 48.4 Å². The number of carbonyl (C=O) groups excluding carboxylic acids is 1. The Hall–Kier alpha value is -1.62. The average Bonchev–Trinajstić information content (AvgIpc) is 2.78. The highest BCUT2D eigenvalue weighted by atomic mass is 19.1. The molecule has 3 N–H and O–H groups in total. The van der Waals surface area contributed by atoms with E-state index in [0.717, 1.165) is 24.0 Å². The van der Waals surface area contributed by atoms with E-state index in [9.17, 15) is 14.3 Å². The molecule has 2 unspecified atom stereocenters. The molecule has 0 saturated carbocycles. The summed E-state index contributed by atoms with van der Waals surface area (Å²) in [6.07, 6.45) is 1.68. The van der Waals surface area contributed by atoms with Crippen LogP contribution in [0.2, 0.25) is 0 Å². The van der Waals surface area contributed by atoms with Crippen LogP contribution in [0.3, 0.4) is 0 Å². The second-order valence-corrected chi connectivity index (χ2v) is 6.07. The Kier molecular flexibility index (Phi) is 5.17. The molecular weight excluding hydrogens is 271 g/mol. The van der Waals surface area contributed by atoms with E-state index in [0.29, 0.717) is 12.3 Å². The Balaban J connectivity index is 1.82. The first-order valence-corrected chi connectivity index (χ1v) is 7.46. The molecule has 1 aromatic rings. The Bertz CT molecular complexity index is 505. The SMILES string of the molecule is CC(C)CC(O)CNC(=O)NC1CCc2cc(F)ccc21. The number of rotatable bonds is 5. The van der Waals surface area contributed by atoms with Crippen molar-refractivity contribution < 1.29 is 14.3 Å². The summed E-state index contributed by atoms with van der Waals surface area (Å²) < 4.78 is 13.1. The van der Waals surface area contributed by atoms with Crippen LogP contribution in [0.15, 0.2) is 18.2 Å². The van der Waals surface area contributed by atoms with Crippen LogP contribution >= 0.6 is 0 Å². The lowest BCUT2D eigenvalue weighted by molar-refractivity contribution is 0.146. The zero-order valence-electron chi connectivity index (χ0n) is 12.5. The van der Waals surface area contributed by atoms with E-state index in [1.165, 1.54) is 12.1 Å². The van der Waals surface area contributed by atoms with Crippen molar-refractivity contribution >= 4 is 6.03 Å². The van der Waals surface area contributed by atoms with E-state index in [1.807, 2.05) is 13.8 Å². The van der Waals surface area contributed by atoms with Crippen LogP contribution in [-0.2, 0) is 6.42 Å². The van der Waals surface area contributed by atoms with Crippen molar-refractivity contribution in [2.75, 3.05) is 6.54 Å². The predicted molar refractivity (Wildman–Crippen MR) is 79.5 cm³/mol. The highest BCUT2D eigenvalue weighted by molar-refractivity contribution is 5.74. The van der Waals surface area contributed by atoms with Crippen LogP contribution < -0.4 is 10.6 Å². The summed E-state index contributed by atoms with van der Waals surface area (Å²) in [4.78, 5) is 11.9. The van der Waals surface area contributed by atoms with E-state index in [-0.39, 0.29) is 24.4 Å². The standard InChI is InChI=1S/C16H23FN2O2/c1-10(2)7-13(20)9-18-16(21)19-15-6-3-11-8-12(17)4-5-14(11)15/h4-5,8,10,13,15,20H,3,6-7,9H2,1-2H3,(H2,18,19,21). The summed E-state index contributed by atoms with van der Waals surface area (Å²) in [6, 6.07) is 4.31. The largest absolute Gasteiger partial charge is 0.391 e. The van der Waals surface area contributed by atoms with E-state index in [1.54, 1.807) is 6.07 Å². The molecule has 1 aromatic carbocycles. The van der Waals surface area contributed by atoms with Crippen molar-refractivity contribution in [1.82, 2.24) is 10.6 Å². The average molecular weight is 294 g/mol. The Labute approximate surface area is 124 Å². The number of halogens is 1. The maximum atomic E-state index is 13.1. The summed E-state index contributed by atoms with van der Waals surface area (Å²) >= 11 is 0. The number of nitrogens with one attached hydrogen (secondary N) is 2. The molecule has 0 spiro atoms. The van der Waals surface area contributed by atoms with Gasteiger partial charge in [-0.1, -0.05) is 19.9 Å². The Morgan fingerprint density at radius 3 is 2.95 bits per heavy atom. The van der Waals surface area contributed by atoms with Crippen LogP contribution in [0.5, 0.6) is 0 Å². The molecule has 0 radical (unpaired) electrons. The minimum atomic E-state index is -0.527. The van der Waals surface area contributed by atoms with Gasteiger partial charge in [0.25, 0.3) is 0 Å². The van der Waals surface area contributed by atoms with Gasteiger partial charge in [-0.15, -0.1) is 0 Å². The number of benzene rings is 1. The van der Waals surface area contributed by atoms with Crippen molar-refractivity contribution in [3.63, 3.8) is 0 Å². The van der Waals surface area contributed by atoms with Crippen LogP contribution in [-0.4, -0.2) is 23.8 Å². The first kappa shape index (κ1) is 15.8. The van der Waals surface area contributed by atoms with Gasteiger partial charge in [-0.2, -0.15) is 0 Å². The third-order valence-corrected chi connectivity index (χ3v) is 3.73. The van der Waals surface area contributed by atoms with Gasteiger partial charge in [0.15, 0.2) is 0 Å². The zero-order chi connectivity index (χ0) is 15.4. The third kappa shape index (κ3) is 4.43. The second kappa shape index (κ2) is 6.89. The van der Waals surface area contributed by atoms with E-state index in [2.05, 4.69) is 10.6 Å². The molecule has 0 fully saturated rings. The number of carbonyl (C=O) groups is 1. The molecule has 2 rings (SSSR count). The lowest BCUT2D eigenvalue weighted by Gasteiger charge is -2.17. The number of aliphatic hydroxyl groups is 1. The number of aliphatic hydroxyl groups excluding tert-OH is 1. The van der Waals surface area contributed by atoms with Gasteiger partial charge in [0.2, 0.25) is 0 Å². The van der Waals surface area contributed by atoms with Crippen LogP contribution in [0.25, 0.3) is 0 Å². The molecule has 21 heavy (non-hydrogen) atoms. The highest BCUT2D eigenvalue weighted by Crippen LogP contribution is 2.31. The van der Waals surface area contributed by atoms with Gasteiger partial charge < -0.3 is 15.7 Å². The van der Waals surface area contributed by atoms with Gasteiger partial charge in [0.1, 0.15) is 5.82 Å². The Morgan fingerprint density at radius 1 is 1.48 bits per heavy atom. The number of aryl methyl sites for hydroxylation is 1.